The fraction of sp³-hybridized carbons (Fsp3) is 0.250. The summed E-state index contributed by atoms with van der Waals surface area (Å²) in [5, 5.41) is 0. The standard InChI is InChI=1S/C12H12F2N2O2/c1-17-10(5-15)9-6-18-12(16-9)11-7(13)3-2-4-8(11)14/h2-5,9H,6,15H2,1H3/b10-5-. The van der Waals surface area contributed by atoms with Crippen molar-refractivity contribution in [1.82, 2.24) is 0 Å². The Balaban J connectivity index is 2.34. The monoisotopic (exact) mass is 254 g/mol. The van der Waals surface area contributed by atoms with Gasteiger partial charge in [0, 0.05) is 6.20 Å². The largest absolute Gasteiger partial charge is 0.497 e. The molecule has 4 nitrogen and oxygen atoms in total. The van der Waals surface area contributed by atoms with E-state index >= 15 is 0 Å². The highest BCUT2D eigenvalue weighted by atomic mass is 19.1. The Morgan fingerprint density at radius 3 is 2.72 bits per heavy atom. The first-order valence-corrected chi connectivity index (χ1v) is 5.28. The van der Waals surface area contributed by atoms with Gasteiger partial charge in [0.05, 0.1) is 7.11 Å². The summed E-state index contributed by atoms with van der Waals surface area (Å²) in [5.41, 5.74) is 5.08. The van der Waals surface area contributed by atoms with Gasteiger partial charge in [-0.25, -0.2) is 13.8 Å². The molecule has 0 saturated heterocycles. The van der Waals surface area contributed by atoms with Crippen LogP contribution >= 0.6 is 0 Å². The van der Waals surface area contributed by atoms with Crippen molar-refractivity contribution < 1.29 is 18.3 Å². The van der Waals surface area contributed by atoms with Crippen molar-refractivity contribution in [3.63, 3.8) is 0 Å². The van der Waals surface area contributed by atoms with E-state index in [2.05, 4.69) is 4.99 Å². The number of nitrogens with zero attached hydrogens (tertiary/aromatic N) is 1. The quantitative estimate of drug-likeness (QED) is 0.833. The molecule has 0 aromatic heterocycles. The molecule has 1 atom stereocenters. The van der Waals surface area contributed by atoms with Crippen LogP contribution in [0.15, 0.2) is 35.2 Å². The van der Waals surface area contributed by atoms with Gasteiger partial charge in [-0.15, -0.1) is 0 Å². The Labute approximate surface area is 103 Å². The van der Waals surface area contributed by atoms with Crippen LogP contribution in [0.5, 0.6) is 0 Å². The first-order valence-electron chi connectivity index (χ1n) is 5.28. The van der Waals surface area contributed by atoms with E-state index in [9.17, 15) is 8.78 Å². The van der Waals surface area contributed by atoms with Crippen molar-refractivity contribution in [1.29, 1.82) is 0 Å². The molecular weight excluding hydrogens is 242 g/mol. The van der Waals surface area contributed by atoms with Gasteiger partial charge in [-0.2, -0.15) is 0 Å². The minimum atomic E-state index is -0.718. The zero-order chi connectivity index (χ0) is 13.1. The lowest BCUT2D eigenvalue weighted by atomic mass is 10.2. The van der Waals surface area contributed by atoms with Crippen LogP contribution in [0.3, 0.4) is 0 Å². The van der Waals surface area contributed by atoms with Crippen LogP contribution < -0.4 is 5.73 Å². The highest BCUT2D eigenvalue weighted by Crippen LogP contribution is 2.21. The maximum atomic E-state index is 13.5. The average molecular weight is 254 g/mol. The molecular formula is C12H12F2N2O2. The lowest BCUT2D eigenvalue weighted by molar-refractivity contribution is 0.237. The number of aliphatic imine (C=N–C) groups is 1. The van der Waals surface area contributed by atoms with Gasteiger partial charge in [-0.3, -0.25) is 0 Å². The molecule has 1 aliphatic rings. The van der Waals surface area contributed by atoms with Crippen molar-refractivity contribution in [2.24, 2.45) is 10.7 Å². The normalized spacial score (nSPS) is 19.4. The summed E-state index contributed by atoms with van der Waals surface area (Å²) in [6.07, 6.45) is 1.25. The lowest BCUT2D eigenvalue weighted by Crippen LogP contribution is -2.13. The summed E-state index contributed by atoms with van der Waals surface area (Å²) < 4.78 is 37.2. The first-order chi connectivity index (χ1) is 8.67. The Hall–Kier alpha value is -2.11. The molecule has 0 saturated carbocycles. The van der Waals surface area contributed by atoms with E-state index < -0.39 is 17.7 Å². The summed E-state index contributed by atoms with van der Waals surface area (Å²) in [6.45, 7) is 0.139. The molecule has 0 bridgehead atoms. The molecule has 1 unspecified atom stereocenters. The number of ether oxygens (including phenoxy) is 2. The van der Waals surface area contributed by atoms with Crippen molar-refractivity contribution >= 4 is 5.90 Å². The van der Waals surface area contributed by atoms with Gasteiger partial charge < -0.3 is 15.2 Å². The zero-order valence-electron chi connectivity index (χ0n) is 9.69. The Bertz CT molecular complexity index is 495. The van der Waals surface area contributed by atoms with Crippen molar-refractivity contribution in [2.75, 3.05) is 13.7 Å². The number of hydrogen-bond acceptors (Lipinski definition) is 4. The molecule has 1 aliphatic heterocycles. The second-order valence-electron chi connectivity index (χ2n) is 3.63. The van der Waals surface area contributed by atoms with Gasteiger partial charge in [-0.05, 0) is 12.1 Å². The molecule has 18 heavy (non-hydrogen) atoms. The maximum Gasteiger partial charge on any atom is 0.223 e. The minimum absolute atomic E-state index is 0.0769. The minimum Gasteiger partial charge on any atom is -0.497 e. The lowest BCUT2D eigenvalue weighted by Gasteiger charge is -2.07. The molecule has 96 valence electrons. The molecule has 0 radical (unpaired) electrons. The van der Waals surface area contributed by atoms with Crippen LogP contribution in [0.4, 0.5) is 8.78 Å². The molecule has 2 N–H and O–H groups in total. The van der Waals surface area contributed by atoms with Crippen LogP contribution in [-0.4, -0.2) is 25.7 Å². The van der Waals surface area contributed by atoms with Gasteiger partial charge in [0.15, 0.2) is 0 Å². The zero-order valence-corrected chi connectivity index (χ0v) is 9.69. The summed E-state index contributed by atoms with van der Waals surface area (Å²) in [5.74, 6) is -1.12. The fourth-order valence-electron chi connectivity index (χ4n) is 1.67. The highest BCUT2D eigenvalue weighted by Gasteiger charge is 2.27. The van der Waals surface area contributed by atoms with Gasteiger partial charge in [0.1, 0.15) is 35.6 Å². The number of benzene rings is 1. The highest BCUT2D eigenvalue weighted by molar-refractivity contribution is 5.95. The fourth-order valence-corrected chi connectivity index (χ4v) is 1.67. The predicted molar refractivity (Wildman–Crippen MR) is 61.9 cm³/mol. The van der Waals surface area contributed by atoms with E-state index in [1.54, 1.807) is 0 Å². The third-order valence-corrected chi connectivity index (χ3v) is 2.56. The molecule has 2 rings (SSSR count). The summed E-state index contributed by atoms with van der Waals surface area (Å²) in [6, 6.07) is 3.09. The summed E-state index contributed by atoms with van der Waals surface area (Å²) in [4.78, 5) is 4.06. The average Bonchev–Trinajstić information content (AvgIpc) is 2.80. The number of rotatable bonds is 3. The van der Waals surface area contributed by atoms with Crippen molar-refractivity contribution in [2.45, 2.75) is 6.04 Å². The van der Waals surface area contributed by atoms with Gasteiger partial charge in [-0.1, -0.05) is 6.07 Å². The molecule has 1 aromatic rings. The summed E-state index contributed by atoms with van der Waals surface area (Å²) >= 11 is 0. The molecule has 6 heteroatoms. The third kappa shape index (κ3) is 2.13. The van der Waals surface area contributed by atoms with Gasteiger partial charge in [0.25, 0.3) is 0 Å². The molecule has 0 amide bonds. The van der Waals surface area contributed by atoms with E-state index in [-0.39, 0.29) is 18.1 Å². The van der Waals surface area contributed by atoms with Crippen LogP contribution in [0.1, 0.15) is 5.56 Å². The molecule has 1 heterocycles. The van der Waals surface area contributed by atoms with Gasteiger partial charge in [0.2, 0.25) is 5.90 Å². The molecule has 0 fully saturated rings. The van der Waals surface area contributed by atoms with E-state index in [1.807, 2.05) is 0 Å². The van der Waals surface area contributed by atoms with Crippen LogP contribution in [0.25, 0.3) is 0 Å². The molecule has 0 spiro atoms. The predicted octanol–water partition coefficient (Wildman–Crippen LogP) is 1.56. The SMILES string of the molecule is CO/C(=C\N)C1COC(c2c(F)cccc2F)=N1. The smallest absolute Gasteiger partial charge is 0.223 e. The number of halogens is 2. The van der Waals surface area contributed by atoms with Gasteiger partial charge >= 0.3 is 0 Å². The van der Waals surface area contributed by atoms with Crippen molar-refractivity contribution in [3.05, 3.63) is 47.4 Å². The second-order valence-corrected chi connectivity index (χ2v) is 3.63. The number of methoxy groups -OCH3 is 1. The maximum absolute atomic E-state index is 13.5. The topological polar surface area (TPSA) is 56.8 Å². The van der Waals surface area contributed by atoms with E-state index in [0.29, 0.717) is 5.76 Å². The van der Waals surface area contributed by atoms with E-state index in [1.165, 1.54) is 19.4 Å². The number of nitrogens with two attached hydrogens (primary N) is 1. The summed E-state index contributed by atoms with van der Waals surface area (Å²) in [7, 11) is 1.44. The number of hydrogen-bond donors (Lipinski definition) is 1. The third-order valence-electron chi connectivity index (χ3n) is 2.56. The molecule has 0 aliphatic carbocycles. The second kappa shape index (κ2) is 5.03. The van der Waals surface area contributed by atoms with Crippen LogP contribution in [0, 0.1) is 11.6 Å². The Morgan fingerprint density at radius 2 is 2.17 bits per heavy atom. The van der Waals surface area contributed by atoms with Crippen LogP contribution in [0.2, 0.25) is 0 Å². The van der Waals surface area contributed by atoms with Crippen LogP contribution in [-0.2, 0) is 9.47 Å². The van der Waals surface area contributed by atoms with E-state index in [0.717, 1.165) is 12.1 Å². The molecule has 1 aromatic carbocycles. The van der Waals surface area contributed by atoms with E-state index in [4.69, 9.17) is 15.2 Å². The van der Waals surface area contributed by atoms with Crippen molar-refractivity contribution in [3.8, 4) is 0 Å². The Kier molecular flexibility index (Phi) is 3.45. The first kappa shape index (κ1) is 12.3. The Morgan fingerprint density at radius 1 is 1.50 bits per heavy atom.